The van der Waals surface area contributed by atoms with Crippen molar-refractivity contribution in [1.82, 2.24) is 0 Å². The Labute approximate surface area is 115 Å². The van der Waals surface area contributed by atoms with Crippen molar-refractivity contribution in [2.45, 2.75) is 6.61 Å². The number of carbonyl (C=O) groups is 2. The fourth-order valence-corrected chi connectivity index (χ4v) is 2.35. The lowest BCUT2D eigenvalue weighted by molar-refractivity contribution is 0.0979. The molecule has 0 amide bonds. The van der Waals surface area contributed by atoms with E-state index in [1.165, 1.54) is 6.47 Å². The first-order valence-corrected chi connectivity index (χ1v) is 6.02. The molecule has 0 saturated heterocycles. The molecule has 1 radical (unpaired) electrons. The van der Waals surface area contributed by atoms with Gasteiger partial charge in [-0.3, -0.25) is 9.59 Å². The van der Waals surface area contributed by atoms with Crippen molar-refractivity contribution in [2.24, 2.45) is 0 Å². The summed E-state index contributed by atoms with van der Waals surface area (Å²) < 4.78 is 4.54. The third-order valence-corrected chi connectivity index (χ3v) is 3.29. The topological polar surface area (TPSA) is 60.4 Å². The third kappa shape index (κ3) is 1.82. The summed E-state index contributed by atoms with van der Waals surface area (Å²) in [6.07, 6.45) is 0. The van der Waals surface area contributed by atoms with E-state index in [0.29, 0.717) is 27.8 Å². The Kier molecular flexibility index (Phi) is 2.91. The smallest absolute Gasteiger partial charge is 0.417 e. The van der Waals surface area contributed by atoms with E-state index in [1.54, 1.807) is 42.5 Å². The molecule has 2 aromatic rings. The molecule has 1 aliphatic carbocycles. The molecule has 0 atom stereocenters. The Bertz CT molecular complexity index is 731. The summed E-state index contributed by atoms with van der Waals surface area (Å²) in [5, 5.41) is 0. The van der Waals surface area contributed by atoms with Gasteiger partial charge in [0, 0.05) is 22.3 Å². The van der Waals surface area contributed by atoms with Crippen LogP contribution in [-0.2, 0) is 16.1 Å². The highest BCUT2D eigenvalue weighted by molar-refractivity contribution is 6.28. The molecule has 0 aromatic heterocycles. The second-order valence-corrected chi connectivity index (χ2v) is 4.46. The minimum atomic E-state index is -0.188. The summed E-state index contributed by atoms with van der Waals surface area (Å²) in [4.78, 5) is 34.8. The largest absolute Gasteiger partial charge is 0.452 e. The molecule has 1 aliphatic rings. The SMILES string of the molecule is O=[C]OCc1ccc2c(c1)C(=O)c1ccccc1C2=O. The monoisotopic (exact) mass is 265 g/mol. The zero-order chi connectivity index (χ0) is 14.1. The number of hydrogen-bond acceptors (Lipinski definition) is 4. The van der Waals surface area contributed by atoms with Gasteiger partial charge >= 0.3 is 6.47 Å². The minimum Gasteiger partial charge on any atom is -0.452 e. The average molecular weight is 265 g/mol. The van der Waals surface area contributed by atoms with Gasteiger partial charge in [0.2, 0.25) is 0 Å². The third-order valence-electron chi connectivity index (χ3n) is 3.29. The van der Waals surface area contributed by atoms with Gasteiger partial charge in [-0.1, -0.05) is 30.3 Å². The zero-order valence-electron chi connectivity index (χ0n) is 10.4. The molecule has 0 aliphatic heterocycles. The molecule has 0 fully saturated rings. The van der Waals surface area contributed by atoms with Crippen LogP contribution in [0.15, 0.2) is 42.5 Å². The van der Waals surface area contributed by atoms with Crippen LogP contribution in [0.25, 0.3) is 0 Å². The van der Waals surface area contributed by atoms with Gasteiger partial charge in [0.25, 0.3) is 0 Å². The molecule has 4 heteroatoms. The predicted octanol–water partition coefficient (Wildman–Crippen LogP) is 2.05. The second kappa shape index (κ2) is 4.74. The number of carbonyl (C=O) groups excluding carboxylic acids is 3. The van der Waals surface area contributed by atoms with Crippen LogP contribution < -0.4 is 0 Å². The van der Waals surface area contributed by atoms with E-state index in [1.807, 2.05) is 0 Å². The van der Waals surface area contributed by atoms with E-state index >= 15 is 0 Å². The van der Waals surface area contributed by atoms with Crippen molar-refractivity contribution < 1.29 is 19.1 Å². The maximum Gasteiger partial charge on any atom is 0.417 e. The van der Waals surface area contributed by atoms with Crippen LogP contribution in [0.1, 0.15) is 37.4 Å². The van der Waals surface area contributed by atoms with Crippen molar-refractivity contribution in [3.05, 3.63) is 70.3 Å². The highest BCUT2D eigenvalue weighted by atomic mass is 16.5. The normalized spacial score (nSPS) is 12.6. The molecule has 97 valence electrons. The quantitative estimate of drug-likeness (QED) is 0.727. The van der Waals surface area contributed by atoms with Crippen LogP contribution in [0.3, 0.4) is 0 Å². The lowest BCUT2D eigenvalue weighted by Gasteiger charge is -2.17. The first-order chi connectivity index (χ1) is 9.72. The molecular weight excluding hydrogens is 256 g/mol. The number of ether oxygens (including phenoxy) is 1. The van der Waals surface area contributed by atoms with Crippen molar-refractivity contribution in [1.29, 1.82) is 0 Å². The second-order valence-electron chi connectivity index (χ2n) is 4.46. The first kappa shape index (κ1) is 12.3. The van der Waals surface area contributed by atoms with Gasteiger partial charge in [0.1, 0.15) is 6.61 Å². The number of hydrogen-bond donors (Lipinski definition) is 0. The molecule has 4 nitrogen and oxygen atoms in total. The van der Waals surface area contributed by atoms with Gasteiger partial charge in [-0.2, -0.15) is 0 Å². The maximum atomic E-state index is 12.4. The molecule has 0 bridgehead atoms. The molecule has 2 aromatic carbocycles. The fourth-order valence-electron chi connectivity index (χ4n) is 2.35. The number of benzene rings is 2. The molecule has 0 heterocycles. The van der Waals surface area contributed by atoms with Gasteiger partial charge in [-0.15, -0.1) is 0 Å². The van der Waals surface area contributed by atoms with Crippen LogP contribution in [-0.4, -0.2) is 18.0 Å². The Morgan fingerprint density at radius 1 is 0.850 bits per heavy atom. The number of rotatable bonds is 3. The molecule has 3 rings (SSSR count). The van der Waals surface area contributed by atoms with Gasteiger partial charge < -0.3 is 4.74 Å². The Hall–Kier alpha value is -2.75. The van der Waals surface area contributed by atoms with Gasteiger partial charge in [-0.25, -0.2) is 4.79 Å². The van der Waals surface area contributed by atoms with E-state index < -0.39 is 0 Å². The van der Waals surface area contributed by atoms with Crippen LogP contribution >= 0.6 is 0 Å². The zero-order valence-corrected chi connectivity index (χ0v) is 10.4. The number of ketones is 2. The van der Waals surface area contributed by atoms with Crippen molar-refractivity contribution in [2.75, 3.05) is 0 Å². The summed E-state index contributed by atoms with van der Waals surface area (Å²) in [6.45, 7) is 1.36. The van der Waals surface area contributed by atoms with E-state index in [9.17, 15) is 14.4 Å². The highest BCUT2D eigenvalue weighted by Crippen LogP contribution is 2.27. The molecule has 20 heavy (non-hydrogen) atoms. The Balaban J connectivity index is 2.11. The van der Waals surface area contributed by atoms with Crippen LogP contribution in [0.5, 0.6) is 0 Å². The van der Waals surface area contributed by atoms with Crippen LogP contribution in [0.2, 0.25) is 0 Å². The molecule has 0 unspecified atom stereocenters. The van der Waals surface area contributed by atoms with Crippen molar-refractivity contribution >= 4 is 18.0 Å². The summed E-state index contributed by atoms with van der Waals surface area (Å²) >= 11 is 0. The van der Waals surface area contributed by atoms with Gasteiger partial charge in [-0.05, 0) is 17.7 Å². The van der Waals surface area contributed by atoms with Crippen molar-refractivity contribution in [3.8, 4) is 0 Å². The summed E-state index contributed by atoms with van der Waals surface area (Å²) in [5.74, 6) is -0.350. The van der Waals surface area contributed by atoms with E-state index in [0.717, 1.165) is 0 Å². The van der Waals surface area contributed by atoms with Gasteiger partial charge in [0.05, 0.1) is 0 Å². The molecular formula is C16H9O4. The molecule has 0 spiro atoms. The minimum absolute atomic E-state index is 0.0277. The highest BCUT2D eigenvalue weighted by Gasteiger charge is 2.29. The molecule has 0 N–H and O–H groups in total. The summed E-state index contributed by atoms with van der Waals surface area (Å²) in [5.41, 5.74) is 2.21. The molecule has 0 saturated carbocycles. The maximum absolute atomic E-state index is 12.4. The van der Waals surface area contributed by atoms with E-state index in [4.69, 9.17) is 0 Å². The standard InChI is InChI=1S/C16H9O4/c17-9-20-8-10-5-6-13-14(7-10)16(19)12-4-2-1-3-11(12)15(13)18/h1-7H,8H2. The predicted molar refractivity (Wildman–Crippen MR) is 70.2 cm³/mol. The van der Waals surface area contributed by atoms with Crippen molar-refractivity contribution in [3.63, 3.8) is 0 Å². The fraction of sp³-hybridized carbons (Fsp3) is 0.0625. The lowest BCUT2D eigenvalue weighted by Crippen LogP contribution is -2.21. The summed E-state index contributed by atoms with van der Waals surface area (Å²) in [7, 11) is 0. The van der Waals surface area contributed by atoms with E-state index in [-0.39, 0.29) is 18.2 Å². The van der Waals surface area contributed by atoms with E-state index in [2.05, 4.69) is 4.74 Å². The van der Waals surface area contributed by atoms with Gasteiger partial charge in [0.15, 0.2) is 11.6 Å². The van der Waals surface area contributed by atoms with Crippen LogP contribution in [0, 0.1) is 0 Å². The van der Waals surface area contributed by atoms with Crippen LogP contribution in [0.4, 0.5) is 0 Å². The average Bonchev–Trinajstić information content (AvgIpc) is 2.50. The Morgan fingerprint density at radius 2 is 1.45 bits per heavy atom. The summed E-state index contributed by atoms with van der Waals surface area (Å²) in [6, 6.07) is 11.6. The first-order valence-electron chi connectivity index (χ1n) is 6.02. The Morgan fingerprint density at radius 3 is 2.10 bits per heavy atom. The number of fused-ring (bicyclic) bond motifs is 2. The lowest BCUT2D eigenvalue weighted by atomic mass is 9.83.